The average Bonchev–Trinajstić information content (AvgIpc) is 2.37. The van der Waals surface area contributed by atoms with E-state index in [2.05, 4.69) is 5.32 Å². The van der Waals surface area contributed by atoms with Gasteiger partial charge in [0.05, 0.1) is 10.5 Å². The van der Waals surface area contributed by atoms with Crippen LogP contribution in [0.1, 0.15) is 16.8 Å². The van der Waals surface area contributed by atoms with Gasteiger partial charge in [-0.3, -0.25) is 14.9 Å². The van der Waals surface area contributed by atoms with Gasteiger partial charge in [-0.15, -0.1) is 0 Å². The molecule has 0 saturated heterocycles. The zero-order valence-electron chi connectivity index (χ0n) is 10.1. The van der Waals surface area contributed by atoms with Crippen LogP contribution in [0.2, 0.25) is 5.02 Å². The molecule has 0 aliphatic heterocycles. The van der Waals surface area contributed by atoms with Crippen LogP contribution in [0.3, 0.4) is 0 Å². The lowest BCUT2D eigenvalue weighted by molar-refractivity contribution is -0.384. The summed E-state index contributed by atoms with van der Waals surface area (Å²) < 4.78 is 0. The highest BCUT2D eigenvalue weighted by Gasteiger charge is 2.24. The number of carbonyl (C=O) groups is 2. The molecule has 1 rings (SSSR count). The van der Waals surface area contributed by atoms with Crippen molar-refractivity contribution in [3.05, 3.63) is 38.9 Å². The maximum Gasteiger partial charge on any atom is 0.326 e. The molecule has 108 valence electrons. The lowest BCUT2D eigenvalue weighted by atomic mass is 10.1. The predicted molar refractivity (Wildman–Crippen MR) is 68.7 cm³/mol. The number of halogens is 1. The zero-order valence-corrected chi connectivity index (χ0v) is 10.8. The number of aliphatic hydroxyl groups is 1. The lowest BCUT2D eigenvalue weighted by Crippen LogP contribution is -2.41. The van der Waals surface area contributed by atoms with E-state index in [0.717, 1.165) is 6.07 Å². The van der Waals surface area contributed by atoms with E-state index in [4.69, 9.17) is 21.8 Å². The number of carboxylic acid groups (broad SMARTS) is 1. The molecular weight excluding hydrogens is 292 g/mol. The molecule has 1 amide bonds. The molecule has 0 aromatic heterocycles. The minimum Gasteiger partial charge on any atom is -0.480 e. The van der Waals surface area contributed by atoms with Gasteiger partial charge < -0.3 is 15.5 Å². The SMILES string of the molecule is O=C(NC(CCO)C(=O)O)c1cccc([N+](=O)[O-])c1Cl. The van der Waals surface area contributed by atoms with Gasteiger partial charge in [0.2, 0.25) is 0 Å². The van der Waals surface area contributed by atoms with Crippen molar-refractivity contribution in [2.24, 2.45) is 0 Å². The Kier molecular flexibility index (Phi) is 5.42. The summed E-state index contributed by atoms with van der Waals surface area (Å²) in [5, 5.41) is 30.0. The number of carbonyl (C=O) groups excluding carboxylic acids is 1. The number of aliphatic hydroxyl groups excluding tert-OH is 1. The number of aliphatic carboxylic acids is 1. The molecule has 9 heteroatoms. The molecule has 20 heavy (non-hydrogen) atoms. The number of carboxylic acids is 1. The molecule has 0 aliphatic rings. The third-order valence-corrected chi connectivity index (χ3v) is 2.84. The van der Waals surface area contributed by atoms with Gasteiger partial charge in [0.15, 0.2) is 0 Å². The molecule has 8 nitrogen and oxygen atoms in total. The van der Waals surface area contributed by atoms with Crippen LogP contribution in [0.15, 0.2) is 18.2 Å². The second kappa shape index (κ2) is 6.83. The van der Waals surface area contributed by atoms with Crippen LogP contribution < -0.4 is 5.32 Å². The zero-order chi connectivity index (χ0) is 15.3. The quantitative estimate of drug-likeness (QED) is 0.526. The van der Waals surface area contributed by atoms with Crippen molar-refractivity contribution in [3.63, 3.8) is 0 Å². The van der Waals surface area contributed by atoms with E-state index in [-0.39, 0.29) is 17.0 Å². The number of nitrogens with zero attached hydrogens (tertiary/aromatic N) is 1. The normalized spacial score (nSPS) is 11.7. The van der Waals surface area contributed by atoms with Crippen LogP contribution in [0.4, 0.5) is 5.69 Å². The first-order valence-corrected chi connectivity index (χ1v) is 5.83. The molecule has 3 N–H and O–H groups in total. The van der Waals surface area contributed by atoms with E-state index in [1.54, 1.807) is 0 Å². The summed E-state index contributed by atoms with van der Waals surface area (Å²) in [6, 6.07) is 2.33. The standard InChI is InChI=1S/C11H11ClN2O6/c12-9-6(2-1-3-8(9)14(19)20)10(16)13-7(4-5-15)11(17)18/h1-3,7,15H,4-5H2,(H,13,16)(H,17,18). The summed E-state index contributed by atoms with van der Waals surface area (Å²) in [6.07, 6.45) is -0.187. The molecule has 0 saturated carbocycles. The van der Waals surface area contributed by atoms with Gasteiger partial charge in [0.1, 0.15) is 11.1 Å². The van der Waals surface area contributed by atoms with Gasteiger partial charge in [0, 0.05) is 19.1 Å². The minimum absolute atomic E-state index is 0.187. The second-order valence-electron chi connectivity index (χ2n) is 3.77. The van der Waals surface area contributed by atoms with Crippen molar-refractivity contribution >= 4 is 29.2 Å². The van der Waals surface area contributed by atoms with Crippen molar-refractivity contribution in [3.8, 4) is 0 Å². The third kappa shape index (κ3) is 3.65. The first kappa shape index (κ1) is 15.9. The Morgan fingerprint density at radius 3 is 2.60 bits per heavy atom. The number of nitro benzene ring substituents is 1. The first-order valence-electron chi connectivity index (χ1n) is 5.46. The van der Waals surface area contributed by atoms with Crippen LogP contribution in [0, 0.1) is 10.1 Å². The fourth-order valence-electron chi connectivity index (χ4n) is 1.46. The molecule has 0 spiro atoms. The Balaban J connectivity index is 3.00. The van der Waals surface area contributed by atoms with Crippen LogP contribution in [0.5, 0.6) is 0 Å². The maximum atomic E-state index is 11.9. The van der Waals surface area contributed by atoms with E-state index in [1.165, 1.54) is 12.1 Å². The number of hydrogen-bond donors (Lipinski definition) is 3. The van der Waals surface area contributed by atoms with E-state index in [9.17, 15) is 19.7 Å². The molecule has 0 heterocycles. The molecule has 0 aliphatic carbocycles. The Hall–Kier alpha value is -2.19. The number of rotatable bonds is 6. The van der Waals surface area contributed by atoms with Crippen LogP contribution in [-0.2, 0) is 4.79 Å². The molecular formula is C11H11ClN2O6. The molecule has 0 radical (unpaired) electrons. The van der Waals surface area contributed by atoms with Gasteiger partial charge in [-0.1, -0.05) is 17.7 Å². The number of nitro groups is 1. The van der Waals surface area contributed by atoms with Gasteiger partial charge in [-0.25, -0.2) is 4.79 Å². The van der Waals surface area contributed by atoms with E-state index >= 15 is 0 Å². The largest absolute Gasteiger partial charge is 0.480 e. The van der Waals surface area contributed by atoms with E-state index in [0.29, 0.717) is 0 Å². The maximum absolute atomic E-state index is 11.9. The Labute approximate surface area is 118 Å². The molecule has 0 fully saturated rings. The number of amides is 1. The smallest absolute Gasteiger partial charge is 0.326 e. The Bertz CT molecular complexity index is 548. The molecule has 1 atom stereocenters. The highest BCUT2D eigenvalue weighted by Crippen LogP contribution is 2.27. The van der Waals surface area contributed by atoms with Crippen LogP contribution >= 0.6 is 11.6 Å². The van der Waals surface area contributed by atoms with Crippen LogP contribution in [-0.4, -0.2) is 39.7 Å². The topological polar surface area (TPSA) is 130 Å². The number of hydrogen-bond acceptors (Lipinski definition) is 5. The Morgan fingerprint density at radius 1 is 1.45 bits per heavy atom. The predicted octanol–water partition coefficient (Wildman–Crippen LogP) is 0.814. The highest BCUT2D eigenvalue weighted by molar-refractivity contribution is 6.35. The Morgan fingerprint density at radius 2 is 2.10 bits per heavy atom. The molecule has 0 bridgehead atoms. The third-order valence-electron chi connectivity index (χ3n) is 2.44. The van der Waals surface area contributed by atoms with E-state index < -0.39 is 35.1 Å². The van der Waals surface area contributed by atoms with Crippen LogP contribution in [0.25, 0.3) is 0 Å². The molecule has 1 aromatic carbocycles. The minimum atomic E-state index is -1.33. The fraction of sp³-hybridized carbons (Fsp3) is 0.273. The first-order chi connectivity index (χ1) is 9.38. The van der Waals surface area contributed by atoms with Gasteiger partial charge >= 0.3 is 5.97 Å². The number of nitrogens with one attached hydrogen (secondary N) is 1. The van der Waals surface area contributed by atoms with Crippen molar-refractivity contribution in [1.29, 1.82) is 0 Å². The lowest BCUT2D eigenvalue weighted by Gasteiger charge is -2.13. The second-order valence-corrected chi connectivity index (χ2v) is 4.15. The molecule has 1 aromatic rings. The van der Waals surface area contributed by atoms with Gasteiger partial charge in [-0.2, -0.15) is 0 Å². The number of benzene rings is 1. The monoisotopic (exact) mass is 302 g/mol. The summed E-state index contributed by atoms with van der Waals surface area (Å²) in [7, 11) is 0. The summed E-state index contributed by atoms with van der Waals surface area (Å²) >= 11 is 5.74. The van der Waals surface area contributed by atoms with Crippen molar-refractivity contribution < 1.29 is 24.7 Å². The van der Waals surface area contributed by atoms with Crippen molar-refractivity contribution in [1.82, 2.24) is 5.32 Å². The fourth-order valence-corrected chi connectivity index (χ4v) is 1.74. The van der Waals surface area contributed by atoms with Crippen molar-refractivity contribution in [2.45, 2.75) is 12.5 Å². The highest BCUT2D eigenvalue weighted by atomic mass is 35.5. The summed E-state index contributed by atoms with van der Waals surface area (Å²) in [5.74, 6) is -2.19. The van der Waals surface area contributed by atoms with E-state index in [1.807, 2.05) is 0 Å². The van der Waals surface area contributed by atoms with Crippen molar-refractivity contribution in [2.75, 3.05) is 6.61 Å². The average molecular weight is 303 g/mol. The van der Waals surface area contributed by atoms with Gasteiger partial charge in [-0.05, 0) is 6.07 Å². The summed E-state index contributed by atoms with van der Waals surface area (Å²) in [4.78, 5) is 32.7. The molecule has 1 unspecified atom stereocenters. The summed E-state index contributed by atoms with van der Waals surface area (Å²) in [5.41, 5.74) is -0.654. The van der Waals surface area contributed by atoms with Gasteiger partial charge in [0.25, 0.3) is 11.6 Å². The summed E-state index contributed by atoms with van der Waals surface area (Å²) in [6.45, 7) is -0.431.